The average Bonchev–Trinajstić information content (AvgIpc) is 2.53. The van der Waals surface area contributed by atoms with E-state index in [1.54, 1.807) is 0 Å². The first-order chi connectivity index (χ1) is 12.1. The first kappa shape index (κ1) is 32.7. The molecule has 174 valence electrons. The van der Waals surface area contributed by atoms with Crippen LogP contribution >= 0.6 is 37.2 Å². The molecule has 6 atom stereocenters. The van der Waals surface area contributed by atoms with Crippen LogP contribution in [0.3, 0.4) is 0 Å². The van der Waals surface area contributed by atoms with E-state index < -0.39 is 60.9 Å². The van der Waals surface area contributed by atoms with Crippen molar-refractivity contribution in [1.29, 1.82) is 0 Å². The Hall–Kier alpha value is -0.960. The third-order valence-corrected chi connectivity index (χ3v) is 4.13. The summed E-state index contributed by atoms with van der Waals surface area (Å²) in [5.74, 6) is -3.40. The quantitative estimate of drug-likeness (QED) is 0.145. The van der Waals surface area contributed by atoms with E-state index in [-0.39, 0.29) is 63.2 Å². The molecule has 0 saturated heterocycles. The second kappa shape index (κ2) is 15.8. The largest absolute Gasteiger partial charge is 0.481 e. The van der Waals surface area contributed by atoms with Crippen LogP contribution in [0.15, 0.2) is 0 Å². The van der Waals surface area contributed by atoms with Crippen molar-refractivity contribution in [3.05, 3.63) is 0 Å². The van der Waals surface area contributed by atoms with E-state index in [4.69, 9.17) is 15.3 Å². The Morgan fingerprint density at radius 3 is 1.17 bits per heavy atom. The van der Waals surface area contributed by atoms with Gasteiger partial charge in [0.1, 0.15) is 0 Å². The molecule has 1 saturated carbocycles. The van der Waals surface area contributed by atoms with Gasteiger partial charge in [-0.1, -0.05) is 0 Å². The Balaban J connectivity index is -0.00000225. The predicted molar refractivity (Wildman–Crippen MR) is 107 cm³/mol. The van der Waals surface area contributed by atoms with Gasteiger partial charge in [0, 0.05) is 13.1 Å². The first-order valence-electron chi connectivity index (χ1n) is 8.05. The minimum absolute atomic E-state index is 0. The highest BCUT2D eigenvalue weighted by atomic mass is 35.5. The van der Waals surface area contributed by atoms with Gasteiger partial charge < -0.3 is 41.3 Å². The molecule has 0 aromatic rings. The van der Waals surface area contributed by atoms with Crippen LogP contribution in [0.25, 0.3) is 0 Å². The van der Waals surface area contributed by atoms with Crippen molar-refractivity contribution in [2.75, 3.05) is 19.6 Å². The lowest BCUT2D eigenvalue weighted by Gasteiger charge is -2.47. The third-order valence-electron chi connectivity index (χ3n) is 4.13. The molecule has 0 aromatic carbocycles. The van der Waals surface area contributed by atoms with Crippen LogP contribution in [-0.4, -0.2) is 105 Å². The monoisotopic (exact) mass is 487 g/mol. The zero-order valence-electron chi connectivity index (χ0n) is 15.1. The summed E-state index contributed by atoms with van der Waals surface area (Å²) in [6.07, 6.45) is -4.74. The van der Waals surface area contributed by atoms with Gasteiger partial charge in [-0.15, -0.1) is 37.2 Å². The molecule has 15 heteroatoms. The van der Waals surface area contributed by atoms with Crippen LogP contribution in [0.2, 0.25) is 0 Å². The molecular formula is C14H28Cl3N3O9. The van der Waals surface area contributed by atoms with E-state index in [0.29, 0.717) is 0 Å². The van der Waals surface area contributed by atoms with Gasteiger partial charge in [0.15, 0.2) is 0 Å². The first-order valence-corrected chi connectivity index (χ1v) is 8.05. The number of halogens is 3. The van der Waals surface area contributed by atoms with E-state index in [0.717, 1.165) is 0 Å². The Morgan fingerprint density at radius 2 is 0.897 bits per heavy atom. The fourth-order valence-corrected chi connectivity index (χ4v) is 2.90. The number of carboxylic acids is 3. The molecule has 0 heterocycles. The molecule has 2 unspecified atom stereocenters. The third kappa shape index (κ3) is 10.6. The Labute approximate surface area is 185 Å². The molecule has 0 amide bonds. The number of hydrogen-bond donors (Lipinski definition) is 9. The van der Waals surface area contributed by atoms with Gasteiger partial charge in [0.25, 0.3) is 0 Å². The van der Waals surface area contributed by atoms with Crippen molar-refractivity contribution in [1.82, 2.24) is 16.0 Å². The van der Waals surface area contributed by atoms with Gasteiger partial charge in [-0.3, -0.25) is 19.7 Å². The average molecular weight is 489 g/mol. The number of hydrogen-bond acceptors (Lipinski definition) is 9. The number of rotatable bonds is 11. The topological polar surface area (TPSA) is 209 Å². The van der Waals surface area contributed by atoms with Crippen LogP contribution in [0.5, 0.6) is 0 Å². The van der Waals surface area contributed by atoms with Crippen LogP contribution in [-0.2, 0) is 14.4 Å². The Bertz CT molecular complexity index is 484. The zero-order chi connectivity index (χ0) is 19.9. The molecular weight excluding hydrogens is 461 g/mol. The molecule has 9 N–H and O–H groups in total. The molecule has 0 bridgehead atoms. The van der Waals surface area contributed by atoms with Gasteiger partial charge in [-0.2, -0.15) is 0 Å². The lowest BCUT2D eigenvalue weighted by atomic mass is 9.79. The van der Waals surface area contributed by atoms with E-state index in [1.165, 1.54) is 0 Å². The van der Waals surface area contributed by atoms with Crippen molar-refractivity contribution in [2.45, 2.75) is 49.3 Å². The molecule has 0 spiro atoms. The fraction of sp³-hybridized carbons (Fsp3) is 0.786. The van der Waals surface area contributed by atoms with Crippen molar-refractivity contribution in [3.8, 4) is 0 Å². The molecule has 1 rings (SSSR count). The molecule has 0 aliphatic heterocycles. The summed E-state index contributed by atoms with van der Waals surface area (Å²) in [6.45, 7) is -0.700. The second-order valence-electron chi connectivity index (χ2n) is 6.02. The number of aliphatic hydroxyl groups excluding tert-OH is 3. The molecule has 0 aromatic heterocycles. The van der Waals surface area contributed by atoms with Crippen molar-refractivity contribution in [2.24, 2.45) is 0 Å². The summed E-state index contributed by atoms with van der Waals surface area (Å²) in [7, 11) is 0. The predicted octanol–water partition coefficient (Wildman–Crippen LogP) is -2.74. The lowest BCUT2D eigenvalue weighted by molar-refractivity contribution is -0.139. The second-order valence-corrected chi connectivity index (χ2v) is 6.02. The Kier molecular flexibility index (Phi) is 17.8. The van der Waals surface area contributed by atoms with Gasteiger partial charge in [-0.05, 0) is 0 Å². The van der Waals surface area contributed by atoms with E-state index in [9.17, 15) is 29.7 Å². The van der Waals surface area contributed by atoms with Gasteiger partial charge >= 0.3 is 17.9 Å². The summed E-state index contributed by atoms with van der Waals surface area (Å²) < 4.78 is 0. The highest BCUT2D eigenvalue weighted by Gasteiger charge is 2.48. The lowest BCUT2D eigenvalue weighted by Crippen LogP contribution is -2.74. The maximum absolute atomic E-state index is 10.7. The fourth-order valence-electron chi connectivity index (χ4n) is 2.90. The summed E-state index contributed by atoms with van der Waals surface area (Å²) in [6, 6.07) is -3.27. The van der Waals surface area contributed by atoms with Gasteiger partial charge in [0.05, 0.1) is 55.8 Å². The number of carboxylic acid groups (broad SMARTS) is 3. The number of carbonyl (C=O) groups is 3. The van der Waals surface area contributed by atoms with E-state index in [2.05, 4.69) is 16.0 Å². The molecule has 1 aliphatic rings. The SMILES string of the molecule is Cl.Cl.Cl.O=C(O)CCN[C@@H]1C(O)[C@H](NCCC(=O)O)[C@H](O)C(NCC(=O)O)[C@@H]1O. The minimum Gasteiger partial charge on any atom is -0.481 e. The van der Waals surface area contributed by atoms with E-state index in [1.807, 2.05) is 0 Å². The molecule has 12 nitrogen and oxygen atoms in total. The molecule has 1 fully saturated rings. The summed E-state index contributed by atoms with van der Waals surface area (Å²) in [5.41, 5.74) is 0. The van der Waals surface area contributed by atoms with Crippen molar-refractivity contribution in [3.63, 3.8) is 0 Å². The smallest absolute Gasteiger partial charge is 0.317 e. The van der Waals surface area contributed by atoms with Crippen molar-refractivity contribution >= 4 is 55.1 Å². The summed E-state index contributed by atoms with van der Waals surface area (Å²) >= 11 is 0. The van der Waals surface area contributed by atoms with Gasteiger partial charge in [0.2, 0.25) is 0 Å². The van der Waals surface area contributed by atoms with Crippen LogP contribution in [0, 0.1) is 0 Å². The number of aliphatic hydroxyl groups is 3. The molecule has 1 aliphatic carbocycles. The highest BCUT2D eigenvalue weighted by molar-refractivity contribution is 5.86. The Morgan fingerprint density at radius 1 is 0.586 bits per heavy atom. The number of nitrogens with one attached hydrogen (secondary N) is 3. The molecule has 29 heavy (non-hydrogen) atoms. The van der Waals surface area contributed by atoms with Crippen molar-refractivity contribution < 1.29 is 45.0 Å². The van der Waals surface area contributed by atoms with Gasteiger partial charge in [-0.25, -0.2) is 0 Å². The maximum atomic E-state index is 10.7. The van der Waals surface area contributed by atoms with E-state index >= 15 is 0 Å². The minimum atomic E-state index is -1.41. The molecule has 0 radical (unpaired) electrons. The van der Waals surface area contributed by atoms with Crippen LogP contribution in [0.4, 0.5) is 0 Å². The van der Waals surface area contributed by atoms with Crippen LogP contribution < -0.4 is 16.0 Å². The normalized spacial score (nSPS) is 28.2. The number of aliphatic carboxylic acids is 3. The summed E-state index contributed by atoms with van der Waals surface area (Å²) in [5, 5.41) is 65.1. The summed E-state index contributed by atoms with van der Waals surface area (Å²) in [4.78, 5) is 32.0. The van der Waals surface area contributed by atoms with Crippen LogP contribution in [0.1, 0.15) is 12.8 Å². The zero-order valence-corrected chi connectivity index (χ0v) is 17.6. The maximum Gasteiger partial charge on any atom is 0.317 e. The standard InChI is InChI=1S/C14H25N3O9.3ClH/c18-6(19)1-3-15-9-12(24)10(16-4-2-7(20)21)14(26)11(13(9)25)17-5-8(22)23;;;/h9-17,24-26H,1-5H2,(H,18,19)(H,20,21)(H,22,23);3*1H/t9-,10+,11?,12?,13-,14+;;;. The highest BCUT2D eigenvalue weighted by Crippen LogP contribution is 2.22.